The summed E-state index contributed by atoms with van der Waals surface area (Å²) in [6.45, 7) is 3.79. The first-order chi connectivity index (χ1) is 8.54. The van der Waals surface area contributed by atoms with Crippen molar-refractivity contribution in [1.82, 2.24) is 10.3 Å². The Labute approximate surface area is 110 Å². The van der Waals surface area contributed by atoms with Crippen molar-refractivity contribution in [2.45, 2.75) is 24.9 Å². The number of nitrogens with two attached hydrogens (primary N) is 1. The summed E-state index contributed by atoms with van der Waals surface area (Å²) in [6.07, 6.45) is 1.59. The molecule has 0 unspecified atom stereocenters. The van der Waals surface area contributed by atoms with Crippen molar-refractivity contribution in [3.8, 4) is 0 Å². The molecule has 0 saturated carbocycles. The van der Waals surface area contributed by atoms with Gasteiger partial charge >= 0.3 is 0 Å². The number of aromatic nitrogens is 1. The molecule has 1 aromatic rings. The van der Waals surface area contributed by atoms with Crippen LogP contribution in [-0.2, 0) is 4.79 Å². The van der Waals surface area contributed by atoms with Crippen LogP contribution in [0, 0.1) is 0 Å². The molecule has 0 aliphatic heterocycles. The van der Waals surface area contributed by atoms with E-state index in [-0.39, 0.29) is 23.5 Å². The maximum Gasteiger partial charge on any atom is 0.230 e. The Kier molecular flexibility index (Phi) is 5.44. The fourth-order valence-electron chi connectivity index (χ4n) is 1.25. The fourth-order valence-corrected chi connectivity index (χ4v) is 2.07. The summed E-state index contributed by atoms with van der Waals surface area (Å²) in [4.78, 5) is 15.6. The minimum Gasteiger partial charge on any atom is -0.409 e. The zero-order valence-electron chi connectivity index (χ0n) is 10.3. The molecule has 0 fully saturated rings. The van der Waals surface area contributed by atoms with Gasteiger partial charge in [-0.3, -0.25) is 4.79 Å². The average Bonchev–Trinajstić information content (AvgIpc) is 2.35. The van der Waals surface area contributed by atoms with E-state index < -0.39 is 0 Å². The van der Waals surface area contributed by atoms with Crippen molar-refractivity contribution in [3.05, 3.63) is 23.9 Å². The van der Waals surface area contributed by atoms with Gasteiger partial charge in [-0.15, -0.1) is 0 Å². The van der Waals surface area contributed by atoms with E-state index in [4.69, 9.17) is 10.9 Å². The van der Waals surface area contributed by atoms with Gasteiger partial charge in [0, 0.05) is 12.2 Å². The van der Waals surface area contributed by atoms with Crippen LogP contribution >= 0.6 is 11.8 Å². The predicted octanol–water partition coefficient (Wildman–Crippen LogP) is 0.793. The molecule has 0 aliphatic rings. The van der Waals surface area contributed by atoms with Crippen molar-refractivity contribution in [1.29, 1.82) is 0 Å². The fraction of sp³-hybridized carbons (Fsp3) is 0.364. The van der Waals surface area contributed by atoms with Crippen LogP contribution in [0.25, 0.3) is 0 Å². The highest BCUT2D eigenvalue weighted by Gasteiger charge is 2.11. The summed E-state index contributed by atoms with van der Waals surface area (Å²) in [5, 5.41) is 14.9. The number of pyridine rings is 1. The van der Waals surface area contributed by atoms with Gasteiger partial charge in [0.05, 0.1) is 11.3 Å². The number of nitrogens with zero attached hydrogens (tertiary/aromatic N) is 2. The molecular weight excluding hydrogens is 252 g/mol. The van der Waals surface area contributed by atoms with Gasteiger partial charge in [-0.05, 0) is 26.0 Å². The van der Waals surface area contributed by atoms with E-state index in [9.17, 15) is 4.79 Å². The van der Waals surface area contributed by atoms with Gasteiger partial charge in [-0.25, -0.2) is 4.98 Å². The van der Waals surface area contributed by atoms with Gasteiger partial charge in [-0.2, -0.15) is 0 Å². The van der Waals surface area contributed by atoms with Crippen LogP contribution in [0.4, 0.5) is 0 Å². The highest BCUT2D eigenvalue weighted by Crippen LogP contribution is 2.19. The van der Waals surface area contributed by atoms with Crippen LogP contribution in [0.15, 0.2) is 28.5 Å². The number of hydrogen-bond acceptors (Lipinski definition) is 5. The normalized spacial score (nSPS) is 11.6. The Balaban J connectivity index is 2.70. The highest BCUT2D eigenvalue weighted by molar-refractivity contribution is 8.00. The SMILES string of the molecule is CC(C)NC(=O)CSc1ncccc1/C(N)=N/O. The Morgan fingerprint density at radius 3 is 3.00 bits per heavy atom. The molecule has 7 heteroatoms. The zero-order chi connectivity index (χ0) is 13.5. The number of oxime groups is 1. The molecule has 0 saturated heterocycles. The molecule has 0 bridgehead atoms. The molecule has 0 atom stereocenters. The number of carbonyl (C=O) groups is 1. The van der Waals surface area contributed by atoms with E-state index in [1.54, 1.807) is 18.3 Å². The molecule has 1 rings (SSSR count). The van der Waals surface area contributed by atoms with Gasteiger partial charge in [0.25, 0.3) is 0 Å². The summed E-state index contributed by atoms with van der Waals surface area (Å²) in [7, 11) is 0. The van der Waals surface area contributed by atoms with Gasteiger partial charge in [0.1, 0.15) is 5.03 Å². The average molecular weight is 268 g/mol. The molecule has 0 spiro atoms. The van der Waals surface area contributed by atoms with E-state index >= 15 is 0 Å². The lowest BCUT2D eigenvalue weighted by Gasteiger charge is -2.09. The quantitative estimate of drug-likeness (QED) is 0.241. The molecule has 98 valence electrons. The summed E-state index contributed by atoms with van der Waals surface area (Å²) in [5.41, 5.74) is 6.04. The lowest BCUT2D eigenvalue weighted by molar-refractivity contribution is -0.119. The third-order valence-electron chi connectivity index (χ3n) is 1.94. The molecule has 18 heavy (non-hydrogen) atoms. The minimum absolute atomic E-state index is 0.0186. The minimum atomic E-state index is -0.0777. The summed E-state index contributed by atoms with van der Waals surface area (Å²) < 4.78 is 0. The monoisotopic (exact) mass is 268 g/mol. The zero-order valence-corrected chi connectivity index (χ0v) is 11.1. The second-order valence-corrected chi connectivity index (χ2v) is 4.82. The highest BCUT2D eigenvalue weighted by atomic mass is 32.2. The van der Waals surface area contributed by atoms with Crippen molar-refractivity contribution in [2.75, 3.05) is 5.75 Å². The van der Waals surface area contributed by atoms with E-state index in [2.05, 4.69) is 15.5 Å². The first-order valence-corrected chi connectivity index (χ1v) is 6.38. The first-order valence-electron chi connectivity index (χ1n) is 5.39. The lowest BCUT2D eigenvalue weighted by Crippen LogP contribution is -2.31. The van der Waals surface area contributed by atoms with Crippen LogP contribution in [0.2, 0.25) is 0 Å². The Morgan fingerprint density at radius 2 is 2.39 bits per heavy atom. The van der Waals surface area contributed by atoms with Crippen LogP contribution in [-0.4, -0.2) is 33.7 Å². The summed E-state index contributed by atoms with van der Waals surface area (Å²) >= 11 is 1.25. The van der Waals surface area contributed by atoms with E-state index in [1.807, 2.05) is 13.8 Å². The summed E-state index contributed by atoms with van der Waals surface area (Å²) in [6, 6.07) is 3.47. The van der Waals surface area contributed by atoms with Crippen LogP contribution in [0.3, 0.4) is 0 Å². The number of nitrogens with one attached hydrogen (secondary N) is 1. The maximum atomic E-state index is 11.5. The Morgan fingerprint density at radius 1 is 1.67 bits per heavy atom. The van der Waals surface area contributed by atoms with Crippen molar-refractivity contribution in [3.63, 3.8) is 0 Å². The predicted molar refractivity (Wildman–Crippen MR) is 70.8 cm³/mol. The lowest BCUT2D eigenvalue weighted by atomic mass is 10.3. The van der Waals surface area contributed by atoms with Crippen molar-refractivity contribution < 1.29 is 10.0 Å². The molecule has 4 N–H and O–H groups in total. The molecule has 0 aliphatic carbocycles. The first kappa shape index (κ1) is 14.3. The van der Waals surface area contributed by atoms with Crippen LogP contribution < -0.4 is 11.1 Å². The Bertz CT molecular complexity index is 448. The standard InChI is InChI=1S/C11H16N4O2S/c1-7(2)14-9(16)6-18-11-8(10(12)15-17)4-3-5-13-11/h3-5,7,17H,6H2,1-2H3,(H2,12,15)(H,14,16). The van der Waals surface area contributed by atoms with Gasteiger partial charge in [0.2, 0.25) is 5.91 Å². The van der Waals surface area contributed by atoms with Crippen LogP contribution in [0.1, 0.15) is 19.4 Å². The second kappa shape index (κ2) is 6.85. The number of rotatable bonds is 5. The number of carbonyl (C=O) groups excluding carboxylic acids is 1. The van der Waals surface area contributed by atoms with Crippen LogP contribution in [0.5, 0.6) is 0 Å². The third-order valence-corrected chi connectivity index (χ3v) is 2.95. The molecular formula is C11H16N4O2S. The maximum absolute atomic E-state index is 11.5. The number of amidine groups is 1. The second-order valence-electron chi connectivity index (χ2n) is 3.85. The number of thioether (sulfide) groups is 1. The summed E-state index contributed by atoms with van der Waals surface area (Å²) in [5.74, 6) is 0.141. The largest absolute Gasteiger partial charge is 0.409 e. The van der Waals surface area contributed by atoms with E-state index in [0.717, 1.165) is 0 Å². The molecule has 0 radical (unpaired) electrons. The smallest absolute Gasteiger partial charge is 0.230 e. The molecule has 0 aromatic carbocycles. The van der Waals surface area contributed by atoms with E-state index in [1.165, 1.54) is 11.8 Å². The molecule has 1 aromatic heterocycles. The number of amides is 1. The Hall–Kier alpha value is -1.76. The molecule has 1 heterocycles. The topological polar surface area (TPSA) is 101 Å². The number of hydrogen-bond donors (Lipinski definition) is 3. The van der Waals surface area contributed by atoms with Gasteiger partial charge in [0.15, 0.2) is 5.84 Å². The van der Waals surface area contributed by atoms with Gasteiger partial charge in [-0.1, -0.05) is 16.9 Å². The molecule has 6 nitrogen and oxygen atoms in total. The van der Waals surface area contributed by atoms with Gasteiger partial charge < -0.3 is 16.3 Å². The van der Waals surface area contributed by atoms with Crippen molar-refractivity contribution in [2.24, 2.45) is 10.9 Å². The van der Waals surface area contributed by atoms with Crippen molar-refractivity contribution >= 4 is 23.5 Å². The van der Waals surface area contributed by atoms with E-state index in [0.29, 0.717) is 10.6 Å². The molecule has 1 amide bonds. The third kappa shape index (κ3) is 4.25.